The molecule has 1 atom stereocenters. The molecule has 0 bridgehead atoms. The van der Waals surface area contributed by atoms with Crippen molar-refractivity contribution in [3.05, 3.63) is 77.9 Å². The van der Waals surface area contributed by atoms with Crippen molar-refractivity contribution in [2.45, 2.75) is 18.9 Å². The van der Waals surface area contributed by atoms with Gasteiger partial charge in [0.05, 0.1) is 13.2 Å². The van der Waals surface area contributed by atoms with Crippen LogP contribution in [0.3, 0.4) is 0 Å². The third-order valence-electron chi connectivity index (χ3n) is 5.55. The molecule has 28 heavy (non-hydrogen) atoms. The fraction of sp³-hybridized carbons (Fsp3) is 0.292. The van der Waals surface area contributed by atoms with Crippen molar-refractivity contribution in [1.82, 2.24) is 10.2 Å². The van der Waals surface area contributed by atoms with E-state index in [9.17, 15) is 4.79 Å². The van der Waals surface area contributed by atoms with E-state index in [4.69, 9.17) is 4.74 Å². The van der Waals surface area contributed by atoms with Gasteiger partial charge in [0.2, 0.25) is 0 Å². The number of amides is 1. The van der Waals surface area contributed by atoms with E-state index >= 15 is 0 Å². The molecule has 1 aliphatic heterocycles. The van der Waals surface area contributed by atoms with Crippen molar-refractivity contribution in [1.29, 1.82) is 0 Å². The lowest BCUT2D eigenvalue weighted by Gasteiger charge is -2.29. The Morgan fingerprint density at radius 3 is 2.50 bits per heavy atom. The zero-order valence-corrected chi connectivity index (χ0v) is 16.2. The highest BCUT2D eigenvalue weighted by molar-refractivity contribution is 5.98. The molecule has 3 aromatic rings. The van der Waals surface area contributed by atoms with Crippen LogP contribution in [-0.2, 0) is 0 Å². The predicted molar refractivity (Wildman–Crippen MR) is 113 cm³/mol. The van der Waals surface area contributed by atoms with Gasteiger partial charge >= 0.3 is 0 Å². The van der Waals surface area contributed by atoms with Gasteiger partial charge in [0.25, 0.3) is 5.91 Å². The second-order valence-corrected chi connectivity index (χ2v) is 7.27. The standard InChI is InChI=1S/C24H26N2O2/c1-28-23-11-5-4-10-21(23)22(26-14-6-7-15-26)17-25-24(27)20-13-12-18-8-2-3-9-19(18)16-20/h2-5,8-13,16,22H,6-7,14-15,17H2,1H3,(H,25,27). The average Bonchev–Trinajstić information content (AvgIpc) is 3.28. The molecule has 4 rings (SSSR count). The summed E-state index contributed by atoms with van der Waals surface area (Å²) >= 11 is 0. The Balaban J connectivity index is 1.54. The third-order valence-corrected chi connectivity index (χ3v) is 5.55. The van der Waals surface area contributed by atoms with Gasteiger partial charge in [-0.2, -0.15) is 0 Å². The average molecular weight is 374 g/mol. The van der Waals surface area contributed by atoms with Gasteiger partial charge in [0.1, 0.15) is 5.75 Å². The normalized spacial score (nSPS) is 15.5. The van der Waals surface area contributed by atoms with Gasteiger partial charge in [-0.25, -0.2) is 0 Å². The zero-order valence-electron chi connectivity index (χ0n) is 16.2. The van der Waals surface area contributed by atoms with Crippen molar-refractivity contribution < 1.29 is 9.53 Å². The highest BCUT2D eigenvalue weighted by Crippen LogP contribution is 2.31. The molecule has 1 aliphatic rings. The SMILES string of the molecule is COc1ccccc1C(CNC(=O)c1ccc2ccccc2c1)N1CCCC1. The first-order valence-electron chi connectivity index (χ1n) is 9.90. The van der Waals surface area contributed by atoms with E-state index < -0.39 is 0 Å². The van der Waals surface area contributed by atoms with Gasteiger partial charge in [-0.05, 0) is 54.9 Å². The predicted octanol–water partition coefficient (Wildman–Crippen LogP) is 4.42. The van der Waals surface area contributed by atoms with Gasteiger partial charge in [0, 0.05) is 17.7 Å². The summed E-state index contributed by atoms with van der Waals surface area (Å²) in [5.41, 5.74) is 1.82. The quantitative estimate of drug-likeness (QED) is 0.695. The topological polar surface area (TPSA) is 41.6 Å². The number of likely N-dealkylation sites (tertiary alicyclic amines) is 1. The van der Waals surface area contributed by atoms with Crippen molar-refractivity contribution in [3.8, 4) is 5.75 Å². The molecule has 1 heterocycles. The maximum Gasteiger partial charge on any atom is 0.251 e. The molecular weight excluding hydrogens is 348 g/mol. The molecule has 4 heteroatoms. The van der Waals surface area contributed by atoms with Gasteiger partial charge in [0.15, 0.2) is 0 Å². The molecule has 0 saturated carbocycles. The van der Waals surface area contributed by atoms with Crippen LogP contribution in [0.1, 0.15) is 34.8 Å². The molecule has 4 nitrogen and oxygen atoms in total. The highest BCUT2D eigenvalue weighted by atomic mass is 16.5. The molecule has 1 amide bonds. The van der Waals surface area contributed by atoms with Crippen LogP contribution in [0.5, 0.6) is 5.75 Å². The lowest BCUT2D eigenvalue weighted by Crippen LogP contribution is -2.37. The first-order valence-corrected chi connectivity index (χ1v) is 9.90. The number of carbonyl (C=O) groups excluding carboxylic acids is 1. The number of nitrogens with zero attached hydrogens (tertiary/aromatic N) is 1. The maximum atomic E-state index is 12.8. The fourth-order valence-electron chi connectivity index (χ4n) is 4.05. The monoisotopic (exact) mass is 374 g/mol. The highest BCUT2D eigenvalue weighted by Gasteiger charge is 2.26. The van der Waals surface area contributed by atoms with Crippen LogP contribution in [0.25, 0.3) is 10.8 Å². The summed E-state index contributed by atoms with van der Waals surface area (Å²) in [7, 11) is 1.70. The minimum absolute atomic E-state index is 0.0372. The van der Waals surface area contributed by atoms with Crippen LogP contribution < -0.4 is 10.1 Å². The Bertz CT molecular complexity index is 963. The summed E-state index contributed by atoms with van der Waals surface area (Å²) < 4.78 is 5.59. The Morgan fingerprint density at radius 1 is 1.00 bits per heavy atom. The molecule has 0 radical (unpaired) electrons. The van der Waals surface area contributed by atoms with E-state index in [-0.39, 0.29) is 11.9 Å². The smallest absolute Gasteiger partial charge is 0.251 e. The summed E-state index contributed by atoms with van der Waals surface area (Å²) in [6.07, 6.45) is 2.40. The number of rotatable bonds is 6. The summed E-state index contributed by atoms with van der Waals surface area (Å²) in [5, 5.41) is 5.38. The summed E-state index contributed by atoms with van der Waals surface area (Å²) in [6.45, 7) is 2.66. The van der Waals surface area contributed by atoms with Gasteiger partial charge in [-0.15, -0.1) is 0 Å². The number of para-hydroxylation sites is 1. The number of nitrogens with one attached hydrogen (secondary N) is 1. The summed E-state index contributed by atoms with van der Waals surface area (Å²) in [5.74, 6) is 0.837. The number of fused-ring (bicyclic) bond motifs is 1. The Hall–Kier alpha value is -2.85. The van der Waals surface area contributed by atoms with E-state index in [1.165, 1.54) is 12.8 Å². The van der Waals surface area contributed by atoms with Gasteiger partial charge in [-0.3, -0.25) is 9.69 Å². The summed E-state index contributed by atoms with van der Waals surface area (Å²) in [6, 6.07) is 22.2. The van der Waals surface area contributed by atoms with Crippen molar-refractivity contribution in [2.24, 2.45) is 0 Å². The molecule has 1 N–H and O–H groups in total. The summed E-state index contributed by atoms with van der Waals surface area (Å²) in [4.78, 5) is 15.3. The van der Waals surface area contributed by atoms with E-state index in [1.54, 1.807) is 7.11 Å². The molecule has 0 aliphatic carbocycles. The molecule has 1 fully saturated rings. The lowest BCUT2D eigenvalue weighted by molar-refractivity contribution is 0.0937. The van der Waals surface area contributed by atoms with E-state index in [0.717, 1.165) is 35.2 Å². The van der Waals surface area contributed by atoms with Crippen LogP contribution >= 0.6 is 0 Å². The zero-order chi connectivity index (χ0) is 19.3. The van der Waals surface area contributed by atoms with Crippen LogP contribution in [0, 0.1) is 0 Å². The Morgan fingerprint density at radius 2 is 1.71 bits per heavy atom. The van der Waals surface area contributed by atoms with Crippen molar-refractivity contribution in [3.63, 3.8) is 0 Å². The van der Waals surface area contributed by atoms with Gasteiger partial charge < -0.3 is 10.1 Å². The Kier molecular flexibility index (Phi) is 5.58. The van der Waals surface area contributed by atoms with Crippen LogP contribution in [0.4, 0.5) is 0 Å². The number of methoxy groups -OCH3 is 1. The van der Waals surface area contributed by atoms with Crippen molar-refractivity contribution >= 4 is 16.7 Å². The maximum absolute atomic E-state index is 12.8. The Labute approximate surface area is 166 Å². The van der Waals surface area contributed by atoms with E-state index in [1.807, 2.05) is 54.6 Å². The van der Waals surface area contributed by atoms with Gasteiger partial charge in [-0.1, -0.05) is 48.5 Å². The minimum Gasteiger partial charge on any atom is -0.496 e. The molecule has 0 spiro atoms. The number of ether oxygens (including phenoxy) is 1. The molecule has 1 saturated heterocycles. The van der Waals surface area contributed by atoms with Crippen LogP contribution in [-0.4, -0.2) is 37.6 Å². The van der Waals surface area contributed by atoms with Crippen LogP contribution in [0.2, 0.25) is 0 Å². The van der Waals surface area contributed by atoms with Crippen molar-refractivity contribution in [2.75, 3.05) is 26.7 Å². The molecule has 144 valence electrons. The molecule has 1 unspecified atom stereocenters. The number of carbonyl (C=O) groups is 1. The van der Waals surface area contributed by atoms with E-state index in [0.29, 0.717) is 12.1 Å². The third kappa shape index (κ3) is 3.87. The first kappa shape index (κ1) is 18.5. The first-order chi connectivity index (χ1) is 13.8. The second-order valence-electron chi connectivity index (χ2n) is 7.27. The largest absolute Gasteiger partial charge is 0.496 e. The second kappa shape index (κ2) is 8.44. The molecule has 3 aromatic carbocycles. The van der Waals surface area contributed by atoms with Crippen LogP contribution in [0.15, 0.2) is 66.7 Å². The molecule has 0 aromatic heterocycles. The number of hydrogen-bond acceptors (Lipinski definition) is 3. The number of benzene rings is 3. The number of hydrogen-bond donors (Lipinski definition) is 1. The lowest BCUT2D eigenvalue weighted by atomic mass is 10.0. The van der Waals surface area contributed by atoms with E-state index in [2.05, 4.69) is 22.3 Å². The molecular formula is C24H26N2O2. The fourth-order valence-corrected chi connectivity index (χ4v) is 4.05. The minimum atomic E-state index is -0.0372.